The van der Waals surface area contributed by atoms with Gasteiger partial charge in [0.25, 0.3) is 5.91 Å². The maximum atomic E-state index is 12.2. The van der Waals surface area contributed by atoms with Crippen LogP contribution in [0.25, 0.3) is 9.40 Å². The average molecular weight is 283 g/mol. The molecule has 0 fully saturated rings. The highest BCUT2D eigenvalue weighted by atomic mass is 32.1. The molecule has 2 aromatic heterocycles. The normalized spacial score (nSPS) is 10.6. The molecule has 0 saturated carbocycles. The summed E-state index contributed by atoms with van der Waals surface area (Å²) in [5, 5.41) is 2.00. The van der Waals surface area contributed by atoms with E-state index in [2.05, 4.69) is 4.74 Å². The van der Waals surface area contributed by atoms with E-state index >= 15 is 0 Å². The van der Waals surface area contributed by atoms with Gasteiger partial charge < -0.3 is 9.64 Å². The van der Waals surface area contributed by atoms with E-state index in [9.17, 15) is 9.59 Å². The van der Waals surface area contributed by atoms with Gasteiger partial charge in [0.1, 0.15) is 6.54 Å². The van der Waals surface area contributed by atoms with Gasteiger partial charge >= 0.3 is 5.97 Å². The highest BCUT2D eigenvalue weighted by molar-refractivity contribution is 7.27. The molecule has 0 saturated heterocycles. The molecule has 2 rings (SSSR count). The molecule has 0 atom stereocenters. The van der Waals surface area contributed by atoms with Crippen LogP contribution in [0.2, 0.25) is 0 Å². The summed E-state index contributed by atoms with van der Waals surface area (Å²) < 4.78 is 6.80. The molecule has 0 aliphatic carbocycles. The van der Waals surface area contributed by atoms with Crippen molar-refractivity contribution >= 4 is 43.9 Å². The van der Waals surface area contributed by atoms with E-state index in [1.54, 1.807) is 11.3 Å². The Morgan fingerprint density at radius 3 is 2.78 bits per heavy atom. The van der Waals surface area contributed by atoms with Crippen LogP contribution in [-0.2, 0) is 9.53 Å². The second-order valence-electron chi connectivity index (χ2n) is 3.66. The van der Waals surface area contributed by atoms with Crippen molar-refractivity contribution in [3.05, 3.63) is 22.4 Å². The molecule has 0 radical (unpaired) electrons. The van der Waals surface area contributed by atoms with Crippen LogP contribution in [0.5, 0.6) is 0 Å². The molecule has 0 N–H and O–H groups in total. The summed E-state index contributed by atoms with van der Waals surface area (Å²) in [6.07, 6.45) is 0. The van der Waals surface area contributed by atoms with Gasteiger partial charge in [-0.2, -0.15) is 0 Å². The van der Waals surface area contributed by atoms with E-state index in [1.165, 1.54) is 23.3 Å². The molecular weight excluding hydrogens is 270 g/mol. The van der Waals surface area contributed by atoms with Crippen molar-refractivity contribution in [1.82, 2.24) is 4.90 Å². The number of amides is 1. The number of rotatable bonds is 4. The Morgan fingerprint density at radius 1 is 1.39 bits per heavy atom. The van der Waals surface area contributed by atoms with Crippen LogP contribution in [0.4, 0.5) is 0 Å². The van der Waals surface area contributed by atoms with Crippen LogP contribution >= 0.6 is 22.7 Å². The summed E-state index contributed by atoms with van der Waals surface area (Å²) >= 11 is 3.07. The molecule has 0 aromatic carbocycles. The number of thiophene rings is 2. The van der Waals surface area contributed by atoms with Crippen LogP contribution in [0.3, 0.4) is 0 Å². The average Bonchev–Trinajstić information content (AvgIpc) is 2.95. The molecule has 0 unspecified atom stereocenters. The molecule has 1 amide bonds. The summed E-state index contributed by atoms with van der Waals surface area (Å²) in [6, 6.07) is 3.88. The predicted molar refractivity (Wildman–Crippen MR) is 73.3 cm³/mol. The number of esters is 1. The van der Waals surface area contributed by atoms with Gasteiger partial charge in [0.05, 0.1) is 12.0 Å². The van der Waals surface area contributed by atoms with Crippen LogP contribution < -0.4 is 0 Å². The Bertz CT molecular complexity index is 544. The molecular formula is C12H13NO3S2. The molecule has 6 heteroatoms. The van der Waals surface area contributed by atoms with Gasteiger partial charge in [0, 0.05) is 15.9 Å². The van der Waals surface area contributed by atoms with E-state index in [4.69, 9.17) is 0 Å². The molecule has 0 aliphatic rings. The van der Waals surface area contributed by atoms with Gasteiger partial charge in [-0.1, -0.05) is 0 Å². The number of ether oxygens (including phenoxy) is 1. The van der Waals surface area contributed by atoms with Crippen LogP contribution in [0, 0.1) is 0 Å². The van der Waals surface area contributed by atoms with Gasteiger partial charge in [-0.05, 0) is 24.4 Å². The fourth-order valence-electron chi connectivity index (χ4n) is 1.57. The molecule has 18 heavy (non-hydrogen) atoms. The van der Waals surface area contributed by atoms with E-state index in [-0.39, 0.29) is 12.5 Å². The van der Waals surface area contributed by atoms with Gasteiger partial charge in [-0.15, -0.1) is 22.7 Å². The third-order valence-electron chi connectivity index (χ3n) is 2.57. The SMILES string of the molecule is CCN(CC(=O)OC)C(=O)c1cc2sccc2s1. The Kier molecular flexibility index (Phi) is 3.98. The Morgan fingerprint density at radius 2 is 2.17 bits per heavy atom. The lowest BCUT2D eigenvalue weighted by Crippen LogP contribution is -2.35. The lowest BCUT2D eigenvalue weighted by atomic mass is 10.3. The van der Waals surface area contributed by atoms with Crippen LogP contribution in [0.1, 0.15) is 16.6 Å². The van der Waals surface area contributed by atoms with Gasteiger partial charge in [-0.3, -0.25) is 9.59 Å². The molecule has 4 nitrogen and oxygen atoms in total. The van der Waals surface area contributed by atoms with Crippen molar-refractivity contribution in [3.8, 4) is 0 Å². The fraction of sp³-hybridized carbons (Fsp3) is 0.333. The zero-order valence-electron chi connectivity index (χ0n) is 10.1. The van der Waals surface area contributed by atoms with Crippen LogP contribution in [-0.4, -0.2) is 37.0 Å². The second-order valence-corrected chi connectivity index (χ2v) is 5.69. The van der Waals surface area contributed by atoms with Crippen molar-refractivity contribution in [1.29, 1.82) is 0 Å². The van der Waals surface area contributed by atoms with Crippen molar-refractivity contribution in [2.24, 2.45) is 0 Å². The highest BCUT2D eigenvalue weighted by Gasteiger charge is 2.19. The van der Waals surface area contributed by atoms with Crippen molar-refractivity contribution in [3.63, 3.8) is 0 Å². The third-order valence-corrected chi connectivity index (χ3v) is 4.65. The number of methoxy groups -OCH3 is 1. The van der Waals surface area contributed by atoms with E-state index < -0.39 is 5.97 Å². The molecule has 2 heterocycles. The summed E-state index contributed by atoms with van der Waals surface area (Å²) in [7, 11) is 1.32. The van der Waals surface area contributed by atoms with E-state index in [1.807, 2.05) is 24.4 Å². The number of nitrogens with zero attached hydrogens (tertiary/aromatic N) is 1. The number of carbonyl (C=O) groups is 2. The predicted octanol–water partition coefficient (Wildman–Crippen LogP) is 2.60. The standard InChI is InChI=1S/C12H13NO3S2/c1-3-13(7-11(14)16-2)12(15)10-6-9-8(18-10)4-5-17-9/h4-6H,3,7H2,1-2H3. The molecule has 0 spiro atoms. The zero-order chi connectivity index (χ0) is 13.1. The molecule has 0 bridgehead atoms. The Balaban J connectivity index is 2.18. The van der Waals surface area contributed by atoms with Crippen LogP contribution in [0.15, 0.2) is 17.5 Å². The van der Waals surface area contributed by atoms with E-state index in [0.717, 1.165) is 9.40 Å². The van der Waals surface area contributed by atoms with Crippen molar-refractivity contribution in [2.75, 3.05) is 20.2 Å². The molecule has 96 valence electrons. The van der Waals surface area contributed by atoms with Crippen molar-refractivity contribution < 1.29 is 14.3 Å². The van der Waals surface area contributed by atoms with Gasteiger partial charge in [0.2, 0.25) is 0 Å². The quantitative estimate of drug-likeness (QED) is 0.810. The second kappa shape index (κ2) is 5.49. The summed E-state index contributed by atoms with van der Waals surface area (Å²) in [5.41, 5.74) is 0. The minimum Gasteiger partial charge on any atom is -0.468 e. The number of carbonyl (C=O) groups excluding carboxylic acids is 2. The largest absolute Gasteiger partial charge is 0.468 e. The van der Waals surface area contributed by atoms with E-state index in [0.29, 0.717) is 11.4 Å². The molecule has 0 aliphatic heterocycles. The van der Waals surface area contributed by atoms with Gasteiger partial charge in [-0.25, -0.2) is 0 Å². The van der Waals surface area contributed by atoms with Crippen molar-refractivity contribution in [2.45, 2.75) is 6.92 Å². The maximum absolute atomic E-state index is 12.2. The minimum absolute atomic E-state index is 0.00260. The molecule has 2 aromatic rings. The highest BCUT2D eigenvalue weighted by Crippen LogP contribution is 2.30. The minimum atomic E-state index is -0.399. The number of hydrogen-bond donors (Lipinski definition) is 0. The topological polar surface area (TPSA) is 46.6 Å². The van der Waals surface area contributed by atoms with Gasteiger partial charge in [0.15, 0.2) is 0 Å². The smallest absolute Gasteiger partial charge is 0.325 e. The number of fused-ring (bicyclic) bond motifs is 1. The first-order chi connectivity index (χ1) is 8.65. The monoisotopic (exact) mass is 283 g/mol. The lowest BCUT2D eigenvalue weighted by molar-refractivity contribution is -0.141. The first-order valence-electron chi connectivity index (χ1n) is 5.48. The summed E-state index contributed by atoms with van der Waals surface area (Å²) in [5.74, 6) is -0.514. The Hall–Kier alpha value is -1.40. The Labute approximate surface area is 113 Å². The first kappa shape index (κ1) is 13.0. The first-order valence-corrected chi connectivity index (χ1v) is 7.18. The number of hydrogen-bond acceptors (Lipinski definition) is 5. The number of likely N-dealkylation sites (N-methyl/N-ethyl adjacent to an activating group) is 1. The fourth-order valence-corrected chi connectivity index (χ4v) is 3.65. The summed E-state index contributed by atoms with van der Waals surface area (Å²) in [4.78, 5) is 25.6. The third kappa shape index (κ3) is 2.54. The zero-order valence-corrected chi connectivity index (χ0v) is 11.8. The maximum Gasteiger partial charge on any atom is 0.325 e. The lowest BCUT2D eigenvalue weighted by Gasteiger charge is -2.18. The summed E-state index contributed by atoms with van der Waals surface area (Å²) in [6.45, 7) is 2.33.